The van der Waals surface area contributed by atoms with Crippen molar-refractivity contribution in [1.82, 2.24) is 19.9 Å². The number of phenolic OH excluding ortho intramolecular Hbond substituents is 1. The molecule has 8 rings (SSSR count). The monoisotopic (exact) mass is 583 g/mol. The van der Waals surface area contributed by atoms with Crippen LogP contribution in [0.25, 0.3) is 22.2 Å². The van der Waals surface area contributed by atoms with Crippen LogP contribution in [0.2, 0.25) is 5.02 Å². The molecule has 2 aromatic heterocycles. The van der Waals surface area contributed by atoms with E-state index in [9.17, 15) is 9.50 Å². The zero-order chi connectivity index (χ0) is 28.1. The summed E-state index contributed by atoms with van der Waals surface area (Å²) in [6, 6.07) is 3.05. The lowest BCUT2D eigenvalue weighted by atomic mass is 9.95. The van der Waals surface area contributed by atoms with Crippen molar-refractivity contribution in [2.75, 3.05) is 38.3 Å². The SMILES string of the molecule is CN1c2nc(OC[C@@]34CCCN3C[C@H](F)C4)nc3c(F)c(-c4cc(O)cc(Cl)c4C4CC4)nc(c23)OCCC12CC2. The number of rotatable bonds is 5. The van der Waals surface area contributed by atoms with Gasteiger partial charge in [-0.25, -0.2) is 13.8 Å². The lowest BCUT2D eigenvalue weighted by Crippen LogP contribution is -2.43. The molecule has 4 fully saturated rings. The third kappa shape index (κ3) is 4.04. The number of nitrogens with zero attached hydrogens (tertiary/aromatic N) is 5. The zero-order valence-electron chi connectivity index (χ0n) is 22.9. The number of benzene rings is 1. The fourth-order valence-electron chi connectivity index (χ4n) is 7.39. The quantitative estimate of drug-likeness (QED) is 0.405. The molecule has 2 saturated carbocycles. The first-order valence-corrected chi connectivity index (χ1v) is 15.0. The molecule has 2 saturated heterocycles. The average molecular weight is 584 g/mol. The molecule has 8 nitrogen and oxygen atoms in total. The van der Waals surface area contributed by atoms with Crippen molar-refractivity contribution in [2.24, 2.45) is 0 Å². The Balaban J connectivity index is 1.29. The lowest BCUT2D eigenvalue weighted by Gasteiger charge is -2.33. The number of alkyl halides is 1. The van der Waals surface area contributed by atoms with Crippen LogP contribution in [0.5, 0.6) is 17.6 Å². The van der Waals surface area contributed by atoms with Gasteiger partial charge in [0, 0.05) is 42.6 Å². The van der Waals surface area contributed by atoms with Crippen molar-refractivity contribution in [3.63, 3.8) is 0 Å². The van der Waals surface area contributed by atoms with Gasteiger partial charge in [0.2, 0.25) is 5.88 Å². The largest absolute Gasteiger partial charge is 0.508 e. The van der Waals surface area contributed by atoms with E-state index < -0.39 is 12.0 Å². The molecular weight excluding hydrogens is 552 g/mol. The van der Waals surface area contributed by atoms with Crippen LogP contribution in [0.4, 0.5) is 14.6 Å². The summed E-state index contributed by atoms with van der Waals surface area (Å²) in [5, 5.41) is 11.2. The molecule has 41 heavy (non-hydrogen) atoms. The van der Waals surface area contributed by atoms with E-state index in [1.165, 1.54) is 12.1 Å². The van der Waals surface area contributed by atoms with E-state index in [2.05, 4.69) is 19.8 Å². The van der Waals surface area contributed by atoms with Crippen LogP contribution in [0.15, 0.2) is 12.1 Å². The van der Waals surface area contributed by atoms with Crippen LogP contribution >= 0.6 is 11.6 Å². The Hall–Kier alpha value is -2.98. The summed E-state index contributed by atoms with van der Waals surface area (Å²) in [5.74, 6) is 0.234. The topological polar surface area (TPSA) is 83.8 Å². The summed E-state index contributed by atoms with van der Waals surface area (Å²) in [6.45, 7) is 1.93. The molecule has 5 aliphatic rings. The van der Waals surface area contributed by atoms with Gasteiger partial charge in [-0.2, -0.15) is 9.97 Å². The predicted molar refractivity (Wildman–Crippen MR) is 150 cm³/mol. The van der Waals surface area contributed by atoms with Crippen LogP contribution in [0.1, 0.15) is 62.8 Å². The van der Waals surface area contributed by atoms with Crippen molar-refractivity contribution >= 4 is 28.3 Å². The number of anilines is 1. The minimum atomic E-state index is -0.883. The molecule has 11 heteroatoms. The van der Waals surface area contributed by atoms with E-state index in [4.69, 9.17) is 26.1 Å². The molecular formula is C30H32ClF2N5O3. The highest BCUT2D eigenvalue weighted by Gasteiger charge is 2.50. The van der Waals surface area contributed by atoms with Crippen molar-refractivity contribution < 1.29 is 23.4 Å². The van der Waals surface area contributed by atoms with Gasteiger partial charge in [-0.3, -0.25) is 4.90 Å². The van der Waals surface area contributed by atoms with Gasteiger partial charge in [-0.15, -0.1) is 0 Å². The number of aromatic nitrogens is 3. The highest BCUT2D eigenvalue weighted by atomic mass is 35.5. The minimum absolute atomic E-state index is 0.0313. The number of hydrogen-bond donors (Lipinski definition) is 1. The normalized spacial score (nSPS) is 26.6. The first-order chi connectivity index (χ1) is 19.8. The molecule has 2 atom stereocenters. The van der Waals surface area contributed by atoms with Gasteiger partial charge in [0.25, 0.3) is 0 Å². The second-order valence-electron chi connectivity index (χ2n) is 12.5. The van der Waals surface area contributed by atoms with Gasteiger partial charge in [0.05, 0.1) is 12.1 Å². The van der Waals surface area contributed by atoms with E-state index in [1.807, 2.05) is 7.05 Å². The number of ether oxygens (including phenoxy) is 2. The Morgan fingerprint density at radius 2 is 2.00 bits per heavy atom. The molecule has 1 aromatic carbocycles. The lowest BCUT2D eigenvalue weighted by molar-refractivity contribution is 0.107. The average Bonchev–Trinajstić information content (AvgIpc) is 3.85. The highest BCUT2D eigenvalue weighted by molar-refractivity contribution is 6.32. The molecule has 3 aromatic rings. The standard InChI is InChI=1S/C30H32ClF2N5O3/c1-37-26-22-25(35-28(36-26)41-15-30-5-2-9-38(30)14-17(32)13-30)23(33)24(34-27(22)40-10-8-29(37)6-7-29)19-11-18(39)12-20(31)21(19)16-3-4-16/h11-12,16-17,39H,2-10,13-15H2,1H3/t17-,30+/m1/s1. The fraction of sp³-hybridized carbons (Fsp3) is 0.567. The molecule has 0 bridgehead atoms. The van der Waals surface area contributed by atoms with Crippen molar-refractivity contribution in [3.8, 4) is 28.9 Å². The van der Waals surface area contributed by atoms with E-state index in [1.54, 1.807) is 0 Å². The first-order valence-electron chi connectivity index (χ1n) is 14.6. The molecule has 216 valence electrons. The van der Waals surface area contributed by atoms with Gasteiger partial charge in [0.15, 0.2) is 5.82 Å². The van der Waals surface area contributed by atoms with E-state index in [0.717, 1.165) is 57.1 Å². The summed E-state index contributed by atoms with van der Waals surface area (Å²) in [6.07, 6.45) is 5.99. The Morgan fingerprint density at radius 1 is 1.17 bits per heavy atom. The number of aromatic hydroxyl groups is 1. The first kappa shape index (κ1) is 25.7. The van der Waals surface area contributed by atoms with Crippen LogP contribution in [-0.4, -0.2) is 75.6 Å². The van der Waals surface area contributed by atoms with E-state index >= 15 is 4.39 Å². The second kappa shape index (κ2) is 9.01. The molecule has 5 heterocycles. The minimum Gasteiger partial charge on any atom is -0.508 e. The van der Waals surface area contributed by atoms with Gasteiger partial charge in [-0.05, 0) is 68.7 Å². The molecule has 0 radical (unpaired) electrons. The number of phenols is 1. The molecule has 1 spiro atoms. The third-order valence-corrected chi connectivity index (χ3v) is 10.3. The maximum absolute atomic E-state index is 16.7. The molecule has 0 amide bonds. The molecule has 3 aliphatic heterocycles. The maximum Gasteiger partial charge on any atom is 0.319 e. The van der Waals surface area contributed by atoms with E-state index in [0.29, 0.717) is 41.4 Å². The molecule has 2 aliphatic carbocycles. The summed E-state index contributed by atoms with van der Waals surface area (Å²) in [4.78, 5) is 18.4. The second-order valence-corrected chi connectivity index (χ2v) is 12.9. The predicted octanol–water partition coefficient (Wildman–Crippen LogP) is 5.77. The van der Waals surface area contributed by atoms with Gasteiger partial charge in [-0.1, -0.05) is 11.6 Å². The molecule has 0 unspecified atom stereocenters. The molecule has 1 N–H and O–H groups in total. The van der Waals surface area contributed by atoms with Crippen LogP contribution in [0.3, 0.4) is 0 Å². The number of halogens is 3. The summed E-state index contributed by atoms with van der Waals surface area (Å²) >= 11 is 6.56. The smallest absolute Gasteiger partial charge is 0.319 e. The fourth-order valence-corrected chi connectivity index (χ4v) is 7.76. The van der Waals surface area contributed by atoms with Crippen LogP contribution in [0, 0.1) is 5.82 Å². The summed E-state index contributed by atoms with van der Waals surface area (Å²) < 4.78 is 43.5. The van der Waals surface area contributed by atoms with Crippen molar-refractivity contribution in [3.05, 3.63) is 28.5 Å². The number of fused-ring (bicyclic) bond motifs is 1. The highest BCUT2D eigenvalue weighted by Crippen LogP contribution is 2.52. The number of hydrogen-bond acceptors (Lipinski definition) is 8. The van der Waals surface area contributed by atoms with E-state index in [-0.39, 0.29) is 52.5 Å². The van der Waals surface area contributed by atoms with Gasteiger partial charge in [0.1, 0.15) is 40.9 Å². The third-order valence-electron chi connectivity index (χ3n) is 9.96. The van der Waals surface area contributed by atoms with Crippen molar-refractivity contribution in [2.45, 2.75) is 74.5 Å². The zero-order valence-corrected chi connectivity index (χ0v) is 23.7. The van der Waals surface area contributed by atoms with Gasteiger partial charge < -0.3 is 19.5 Å². The Labute approximate surface area is 241 Å². The Bertz CT molecular complexity index is 1580. The maximum atomic E-state index is 16.7. The van der Waals surface area contributed by atoms with Crippen LogP contribution in [-0.2, 0) is 0 Å². The summed E-state index contributed by atoms with van der Waals surface area (Å²) in [5.41, 5.74) is 0.789. The van der Waals surface area contributed by atoms with Gasteiger partial charge >= 0.3 is 6.01 Å². The van der Waals surface area contributed by atoms with Crippen molar-refractivity contribution in [1.29, 1.82) is 0 Å². The number of pyridine rings is 1. The Morgan fingerprint density at radius 3 is 2.78 bits per heavy atom. The Kier molecular flexibility index (Phi) is 5.65. The summed E-state index contributed by atoms with van der Waals surface area (Å²) in [7, 11) is 1.97. The van der Waals surface area contributed by atoms with Crippen LogP contribution < -0.4 is 14.4 Å².